The van der Waals surface area contributed by atoms with Crippen LogP contribution >= 0.6 is 0 Å². The highest BCUT2D eigenvalue weighted by atomic mass is 16.5. The maximum absolute atomic E-state index is 12.8. The highest BCUT2D eigenvalue weighted by molar-refractivity contribution is 5.79. The lowest BCUT2D eigenvalue weighted by Crippen LogP contribution is -2.36. The predicted molar refractivity (Wildman–Crippen MR) is 133 cm³/mol. The summed E-state index contributed by atoms with van der Waals surface area (Å²) in [5.41, 5.74) is 3.01. The van der Waals surface area contributed by atoms with Crippen molar-refractivity contribution < 1.29 is 9.53 Å². The molecule has 1 heterocycles. The number of pyridine rings is 1. The van der Waals surface area contributed by atoms with Crippen LogP contribution in [0.15, 0.2) is 79.0 Å². The monoisotopic (exact) mass is 445 g/mol. The molecular weight excluding hydrogens is 410 g/mol. The summed E-state index contributed by atoms with van der Waals surface area (Å²) in [6, 6.07) is 23.6. The minimum Gasteiger partial charge on any atom is -0.493 e. The second-order valence-electron chi connectivity index (χ2n) is 8.51. The normalized spacial score (nSPS) is 12.7. The Bertz CT molecular complexity index is 946. The molecule has 0 saturated heterocycles. The minimum atomic E-state index is -0.155. The van der Waals surface area contributed by atoms with E-state index in [1.807, 2.05) is 72.8 Å². The van der Waals surface area contributed by atoms with Gasteiger partial charge in [0, 0.05) is 19.3 Å². The highest BCUT2D eigenvalue weighted by Gasteiger charge is 2.15. The van der Waals surface area contributed by atoms with Gasteiger partial charge in [-0.15, -0.1) is 0 Å². The van der Waals surface area contributed by atoms with Gasteiger partial charge in [0.1, 0.15) is 5.75 Å². The third-order valence-corrected chi connectivity index (χ3v) is 5.52. The lowest BCUT2D eigenvalue weighted by Gasteiger charge is -2.21. The first kappa shape index (κ1) is 24.5. The predicted octanol–water partition coefficient (Wildman–Crippen LogP) is 5.09. The molecule has 0 spiro atoms. The zero-order valence-corrected chi connectivity index (χ0v) is 19.7. The van der Waals surface area contributed by atoms with Gasteiger partial charge in [-0.2, -0.15) is 0 Å². The number of rotatable bonds is 13. The second kappa shape index (κ2) is 13.4. The number of carbonyl (C=O) groups is 1. The second-order valence-corrected chi connectivity index (χ2v) is 8.51. The molecule has 0 aliphatic carbocycles. The van der Waals surface area contributed by atoms with Crippen LogP contribution in [0.4, 0.5) is 0 Å². The molecule has 2 aromatic carbocycles. The molecule has 0 saturated carbocycles. The van der Waals surface area contributed by atoms with E-state index in [0.717, 1.165) is 35.6 Å². The van der Waals surface area contributed by atoms with Gasteiger partial charge in [-0.1, -0.05) is 68.8 Å². The van der Waals surface area contributed by atoms with Gasteiger partial charge in [-0.05, 0) is 47.7 Å². The number of carbonyl (C=O) groups excluding carboxylic acids is 1. The standard InChI is InChI=1S/C28H35N3O2/c1-3-9-22(2)21-33-26-15-13-24(14-16-26)27(20-29-19-25-12-7-8-17-30-25)31-28(32)18-23-10-5-4-6-11-23/h4-8,10-17,22,27,29H,3,9,18-21H2,1-2H3,(H,31,32). The van der Waals surface area contributed by atoms with Crippen LogP contribution in [-0.2, 0) is 17.8 Å². The molecule has 1 aromatic heterocycles. The number of nitrogens with one attached hydrogen (secondary N) is 2. The lowest BCUT2D eigenvalue weighted by molar-refractivity contribution is -0.121. The van der Waals surface area contributed by atoms with Crippen LogP contribution < -0.4 is 15.4 Å². The molecular formula is C28H35N3O2. The fourth-order valence-corrected chi connectivity index (χ4v) is 3.74. The van der Waals surface area contributed by atoms with Crippen molar-refractivity contribution in [1.29, 1.82) is 0 Å². The number of hydrogen-bond acceptors (Lipinski definition) is 4. The van der Waals surface area contributed by atoms with Crippen LogP contribution in [0.25, 0.3) is 0 Å². The Labute approximate surface area is 197 Å². The SMILES string of the molecule is CCCC(C)COc1ccc(C(CNCc2ccccn2)NC(=O)Cc2ccccc2)cc1. The first-order valence-electron chi connectivity index (χ1n) is 11.8. The maximum Gasteiger partial charge on any atom is 0.224 e. The van der Waals surface area contributed by atoms with Crippen molar-refractivity contribution in [3.05, 3.63) is 95.8 Å². The smallest absolute Gasteiger partial charge is 0.224 e. The van der Waals surface area contributed by atoms with Crippen molar-refractivity contribution in [2.24, 2.45) is 5.92 Å². The Morgan fingerprint density at radius 3 is 2.45 bits per heavy atom. The quantitative estimate of drug-likeness (QED) is 0.385. The molecule has 2 N–H and O–H groups in total. The summed E-state index contributed by atoms with van der Waals surface area (Å²) in [5.74, 6) is 1.40. The first-order chi connectivity index (χ1) is 16.1. The van der Waals surface area contributed by atoms with Crippen molar-refractivity contribution >= 4 is 5.91 Å². The van der Waals surface area contributed by atoms with E-state index in [-0.39, 0.29) is 11.9 Å². The number of nitrogens with zero attached hydrogens (tertiary/aromatic N) is 1. The van der Waals surface area contributed by atoms with E-state index < -0.39 is 0 Å². The first-order valence-corrected chi connectivity index (χ1v) is 11.8. The number of ether oxygens (including phenoxy) is 1. The van der Waals surface area contributed by atoms with E-state index in [4.69, 9.17) is 4.74 Å². The lowest BCUT2D eigenvalue weighted by atomic mass is 10.1. The topological polar surface area (TPSA) is 63.2 Å². The molecule has 5 nitrogen and oxygen atoms in total. The molecule has 0 aliphatic rings. The van der Waals surface area contributed by atoms with Crippen molar-refractivity contribution in [2.75, 3.05) is 13.2 Å². The van der Waals surface area contributed by atoms with Gasteiger partial charge in [-0.25, -0.2) is 0 Å². The summed E-state index contributed by atoms with van der Waals surface area (Å²) < 4.78 is 5.94. The molecule has 0 radical (unpaired) electrons. The van der Waals surface area contributed by atoms with Gasteiger partial charge in [0.2, 0.25) is 5.91 Å². The molecule has 33 heavy (non-hydrogen) atoms. The van der Waals surface area contributed by atoms with Crippen LogP contribution in [0.2, 0.25) is 0 Å². The Hall–Kier alpha value is -3.18. The number of benzene rings is 2. The summed E-state index contributed by atoms with van der Waals surface area (Å²) in [7, 11) is 0. The van der Waals surface area contributed by atoms with Gasteiger partial charge in [0.05, 0.1) is 24.8 Å². The molecule has 5 heteroatoms. The average molecular weight is 446 g/mol. The fourth-order valence-electron chi connectivity index (χ4n) is 3.74. The minimum absolute atomic E-state index is 0.000414. The van der Waals surface area contributed by atoms with Crippen molar-refractivity contribution in [1.82, 2.24) is 15.6 Å². The third kappa shape index (κ3) is 8.70. The van der Waals surface area contributed by atoms with E-state index in [2.05, 4.69) is 29.5 Å². The average Bonchev–Trinajstić information content (AvgIpc) is 2.84. The van der Waals surface area contributed by atoms with Crippen LogP contribution in [0.3, 0.4) is 0 Å². The highest BCUT2D eigenvalue weighted by Crippen LogP contribution is 2.19. The summed E-state index contributed by atoms with van der Waals surface area (Å²) in [6.07, 6.45) is 4.47. The molecule has 174 valence electrons. The van der Waals surface area contributed by atoms with Crippen molar-refractivity contribution in [2.45, 2.75) is 45.7 Å². The zero-order chi connectivity index (χ0) is 23.3. The summed E-state index contributed by atoms with van der Waals surface area (Å²) in [5, 5.41) is 6.62. The molecule has 0 fully saturated rings. The van der Waals surface area contributed by atoms with Gasteiger partial charge in [0.25, 0.3) is 0 Å². The summed E-state index contributed by atoms with van der Waals surface area (Å²) in [4.78, 5) is 17.1. The third-order valence-electron chi connectivity index (χ3n) is 5.52. The molecule has 0 aliphatic heterocycles. The Morgan fingerprint density at radius 2 is 1.76 bits per heavy atom. The van der Waals surface area contributed by atoms with E-state index in [1.54, 1.807) is 6.20 Å². The van der Waals surface area contributed by atoms with Crippen molar-refractivity contribution in [3.8, 4) is 5.75 Å². The molecule has 2 unspecified atom stereocenters. The largest absolute Gasteiger partial charge is 0.493 e. The number of aromatic nitrogens is 1. The van der Waals surface area contributed by atoms with Gasteiger partial charge in [0.15, 0.2) is 0 Å². The molecule has 2 atom stereocenters. The Morgan fingerprint density at radius 1 is 1.00 bits per heavy atom. The molecule has 0 bridgehead atoms. The fraction of sp³-hybridized carbons (Fsp3) is 0.357. The van der Waals surface area contributed by atoms with Crippen LogP contribution in [0, 0.1) is 5.92 Å². The van der Waals surface area contributed by atoms with Crippen LogP contribution in [0.5, 0.6) is 5.75 Å². The van der Waals surface area contributed by atoms with Crippen LogP contribution in [-0.4, -0.2) is 24.0 Å². The summed E-state index contributed by atoms with van der Waals surface area (Å²) in [6.45, 7) is 6.37. The van der Waals surface area contributed by atoms with Gasteiger partial charge >= 0.3 is 0 Å². The van der Waals surface area contributed by atoms with Crippen LogP contribution in [0.1, 0.15) is 49.6 Å². The number of amides is 1. The van der Waals surface area contributed by atoms with E-state index in [1.165, 1.54) is 6.42 Å². The Balaban J connectivity index is 1.62. The molecule has 1 amide bonds. The summed E-state index contributed by atoms with van der Waals surface area (Å²) >= 11 is 0. The molecule has 3 rings (SSSR count). The van der Waals surface area contributed by atoms with Gasteiger partial charge in [-0.3, -0.25) is 9.78 Å². The van der Waals surface area contributed by atoms with Gasteiger partial charge < -0.3 is 15.4 Å². The zero-order valence-electron chi connectivity index (χ0n) is 19.7. The maximum atomic E-state index is 12.8. The Kier molecular flexibility index (Phi) is 9.92. The number of hydrogen-bond donors (Lipinski definition) is 2. The van der Waals surface area contributed by atoms with E-state index >= 15 is 0 Å². The van der Waals surface area contributed by atoms with E-state index in [0.29, 0.717) is 25.4 Å². The van der Waals surface area contributed by atoms with E-state index in [9.17, 15) is 4.79 Å². The van der Waals surface area contributed by atoms with Crippen molar-refractivity contribution in [3.63, 3.8) is 0 Å². The molecule has 3 aromatic rings.